The third-order valence-corrected chi connectivity index (χ3v) is 0. The molecule has 2 N–H and O–H groups in total. The second kappa shape index (κ2) is 451. The Labute approximate surface area is 35.7 Å². The van der Waals surface area contributed by atoms with Crippen LogP contribution in [0.2, 0.25) is 0 Å². The zero-order valence-electron chi connectivity index (χ0n) is 1.67. The molecule has 28 valence electrons. The third kappa shape index (κ3) is 90.9. The SMILES string of the molecule is O.O=O.[Ru]. The predicted octanol–water partition coefficient (Wildman–Crippen LogP) is -0.760. The van der Waals surface area contributed by atoms with Crippen molar-refractivity contribution in [3.05, 3.63) is 9.93 Å². The molecule has 0 atom stereocenters. The van der Waals surface area contributed by atoms with Crippen LogP contribution in [-0.4, -0.2) is 5.48 Å². The second-order valence-corrected chi connectivity index (χ2v) is 0. The summed E-state index contributed by atoms with van der Waals surface area (Å²) in [5.74, 6) is 0. The van der Waals surface area contributed by atoms with Crippen molar-refractivity contribution in [2.75, 3.05) is 0 Å². The summed E-state index contributed by atoms with van der Waals surface area (Å²) in [6.07, 6.45) is 0. The topological polar surface area (TPSA) is 65.6 Å². The van der Waals surface area contributed by atoms with Crippen LogP contribution in [0.15, 0.2) is 0 Å². The van der Waals surface area contributed by atoms with Gasteiger partial charge < -0.3 is 5.48 Å². The maximum Gasteiger partial charge on any atom is 0 e. The predicted molar refractivity (Wildman–Crippen MR) is 10.3 cm³/mol. The van der Waals surface area contributed by atoms with Gasteiger partial charge in [0.15, 0.2) is 0 Å². The number of hydrogen-bond donors (Lipinski definition) is 0. The molecule has 0 spiro atoms. The van der Waals surface area contributed by atoms with Gasteiger partial charge in [0, 0.05) is 29.4 Å². The molecule has 0 bridgehead atoms. The largest absolute Gasteiger partial charge is 0.412 e. The molecule has 0 aromatic rings. The zero-order chi connectivity index (χ0) is 2.00. The molecule has 0 saturated carbocycles. The minimum absolute atomic E-state index is 0. The Morgan fingerprint density at radius 1 is 1.00 bits per heavy atom. The quantitative estimate of drug-likeness (QED) is 0.427. The first kappa shape index (κ1) is 30.3. The van der Waals surface area contributed by atoms with E-state index in [0.29, 0.717) is 0 Å². The van der Waals surface area contributed by atoms with Crippen molar-refractivity contribution in [1.29, 1.82) is 0 Å². The molecule has 4 heavy (non-hydrogen) atoms. The van der Waals surface area contributed by atoms with E-state index < -0.39 is 0 Å². The molecule has 0 heterocycles. The monoisotopic (exact) mass is 152 g/mol. The summed E-state index contributed by atoms with van der Waals surface area (Å²) in [6, 6.07) is 0. The standard InChI is InChI=1S/O2.H2O.Ru/c1-2;;/h;1H2;. The molecular weight excluding hydrogens is 149 g/mol. The van der Waals surface area contributed by atoms with Crippen LogP contribution in [0.5, 0.6) is 0 Å². The molecule has 0 radical (unpaired) electrons. The van der Waals surface area contributed by atoms with E-state index >= 15 is 0 Å². The van der Waals surface area contributed by atoms with Gasteiger partial charge >= 0.3 is 0 Å². The van der Waals surface area contributed by atoms with Gasteiger partial charge in [0.05, 0.1) is 0 Å². The molecule has 0 rings (SSSR count). The normalized spacial score (nSPS) is 1.00. The zero-order valence-corrected chi connectivity index (χ0v) is 3.41. The molecule has 0 aliphatic carbocycles. The Morgan fingerprint density at radius 2 is 1.00 bits per heavy atom. The van der Waals surface area contributed by atoms with Crippen molar-refractivity contribution in [3.8, 4) is 0 Å². The van der Waals surface area contributed by atoms with Crippen LogP contribution in [0.25, 0.3) is 0 Å². The van der Waals surface area contributed by atoms with Crippen molar-refractivity contribution in [1.82, 2.24) is 0 Å². The minimum atomic E-state index is 0. The number of hydrogen-bond acceptors (Lipinski definition) is 2. The fraction of sp³-hybridized carbons (Fsp3) is 0. The average molecular weight is 151 g/mol. The molecule has 0 aliphatic heterocycles. The summed E-state index contributed by atoms with van der Waals surface area (Å²) in [4.78, 5) is 14.0. The first-order chi connectivity index (χ1) is 1.00. The van der Waals surface area contributed by atoms with Gasteiger partial charge in [0.1, 0.15) is 0 Å². The fourth-order valence-electron chi connectivity index (χ4n) is 0. The average Bonchev–Trinajstić information content (AvgIpc) is 1.00. The molecule has 0 fully saturated rings. The van der Waals surface area contributed by atoms with Crippen molar-refractivity contribution in [3.63, 3.8) is 0 Å². The fourth-order valence-corrected chi connectivity index (χ4v) is 0. The molecule has 3 nitrogen and oxygen atoms in total. The minimum Gasteiger partial charge on any atom is -0.412 e. The Balaban J connectivity index is -0.00000000500. The summed E-state index contributed by atoms with van der Waals surface area (Å²) in [6.45, 7) is 0. The van der Waals surface area contributed by atoms with Crippen molar-refractivity contribution in [2.45, 2.75) is 0 Å². The smallest absolute Gasteiger partial charge is 0 e. The van der Waals surface area contributed by atoms with Crippen LogP contribution >= 0.6 is 0 Å². The summed E-state index contributed by atoms with van der Waals surface area (Å²) >= 11 is 0. The van der Waals surface area contributed by atoms with Gasteiger partial charge in [0.2, 0.25) is 0 Å². The van der Waals surface area contributed by atoms with Crippen molar-refractivity contribution in [2.24, 2.45) is 0 Å². The molecule has 0 amide bonds. The summed E-state index contributed by atoms with van der Waals surface area (Å²) in [5, 5.41) is 0. The summed E-state index contributed by atoms with van der Waals surface area (Å²) < 4.78 is 0. The Bertz CT molecular complexity index is 3.25. The van der Waals surface area contributed by atoms with E-state index in [1.807, 2.05) is 0 Å². The van der Waals surface area contributed by atoms with E-state index in [9.17, 15) is 0 Å². The Morgan fingerprint density at radius 3 is 1.00 bits per heavy atom. The van der Waals surface area contributed by atoms with Gasteiger partial charge in [-0.1, -0.05) is 0 Å². The maximum atomic E-state index is 7.00. The van der Waals surface area contributed by atoms with Crippen LogP contribution in [0.1, 0.15) is 0 Å². The van der Waals surface area contributed by atoms with Gasteiger partial charge in [0.25, 0.3) is 0 Å². The summed E-state index contributed by atoms with van der Waals surface area (Å²) in [5.41, 5.74) is 0. The van der Waals surface area contributed by atoms with Crippen molar-refractivity contribution < 1.29 is 25.0 Å². The van der Waals surface area contributed by atoms with Gasteiger partial charge in [-0.05, 0) is 0 Å². The molecule has 0 aromatic carbocycles. The van der Waals surface area contributed by atoms with Gasteiger partial charge in [-0.3, -0.25) is 0 Å². The van der Waals surface area contributed by atoms with Crippen LogP contribution in [0, 0.1) is 9.93 Å². The van der Waals surface area contributed by atoms with Gasteiger partial charge in [-0.25, -0.2) is 0 Å². The van der Waals surface area contributed by atoms with Crippen molar-refractivity contribution >= 4 is 0 Å². The molecule has 0 aromatic heterocycles. The first-order valence-electron chi connectivity index (χ1n) is 0.167. The molecule has 0 unspecified atom stereocenters. The van der Waals surface area contributed by atoms with E-state index in [0.717, 1.165) is 0 Å². The molecule has 4 heteroatoms. The molecular formula is H2O3Ru. The maximum absolute atomic E-state index is 7.00. The van der Waals surface area contributed by atoms with E-state index in [1.54, 1.807) is 0 Å². The van der Waals surface area contributed by atoms with Gasteiger partial charge in [-0.2, -0.15) is 0 Å². The first-order valence-corrected chi connectivity index (χ1v) is 0.167. The van der Waals surface area contributed by atoms with E-state index in [-0.39, 0.29) is 25.0 Å². The van der Waals surface area contributed by atoms with E-state index in [2.05, 4.69) is 0 Å². The van der Waals surface area contributed by atoms with Crippen LogP contribution in [0.3, 0.4) is 0 Å². The second-order valence-electron chi connectivity index (χ2n) is 0. The van der Waals surface area contributed by atoms with Crippen LogP contribution in [0.4, 0.5) is 0 Å². The third-order valence-electron chi connectivity index (χ3n) is 0. The van der Waals surface area contributed by atoms with E-state index in [4.69, 9.17) is 9.93 Å². The van der Waals surface area contributed by atoms with E-state index in [1.165, 1.54) is 0 Å². The Kier molecular flexibility index (Phi) is 3420. The van der Waals surface area contributed by atoms with Crippen LogP contribution in [-0.2, 0) is 19.5 Å². The van der Waals surface area contributed by atoms with Gasteiger partial charge in [-0.15, -0.1) is 0 Å². The van der Waals surface area contributed by atoms with Crippen LogP contribution < -0.4 is 0 Å². The summed E-state index contributed by atoms with van der Waals surface area (Å²) in [7, 11) is 0. The number of rotatable bonds is 0. The Hall–Kier alpha value is 0.183. The molecule has 0 aliphatic rings. The molecule has 0 saturated heterocycles.